The Morgan fingerprint density at radius 2 is 2.25 bits per heavy atom. The molecule has 16 heavy (non-hydrogen) atoms. The van der Waals surface area contributed by atoms with Gasteiger partial charge in [-0.1, -0.05) is 12.1 Å². The minimum atomic E-state index is 0.428. The summed E-state index contributed by atoms with van der Waals surface area (Å²) < 4.78 is 5.14. The van der Waals surface area contributed by atoms with Crippen LogP contribution in [-0.4, -0.2) is 30.6 Å². The molecule has 1 saturated heterocycles. The summed E-state index contributed by atoms with van der Waals surface area (Å²) in [6.07, 6.45) is 0.913. The summed E-state index contributed by atoms with van der Waals surface area (Å²) >= 11 is 0. The number of hydrogen-bond acceptors (Lipinski definition) is 3. The average molecular weight is 218 g/mol. The zero-order valence-electron chi connectivity index (χ0n) is 8.98. The van der Waals surface area contributed by atoms with E-state index in [4.69, 9.17) is 4.74 Å². The van der Waals surface area contributed by atoms with Crippen LogP contribution in [0, 0.1) is 0 Å². The van der Waals surface area contributed by atoms with Crippen LogP contribution >= 0.6 is 0 Å². The number of benzene rings is 1. The molecule has 1 N–H and O–H groups in total. The number of nitrogens with one attached hydrogen (secondary N) is 1. The largest absolute Gasteiger partial charge is 0.377 e. The zero-order valence-corrected chi connectivity index (χ0v) is 8.98. The predicted molar refractivity (Wildman–Crippen MR) is 60.0 cm³/mol. The molecular formula is C12H14N2O2. The second-order valence-corrected chi connectivity index (χ2v) is 4.33. The summed E-state index contributed by atoms with van der Waals surface area (Å²) in [5, 5.41) is 3.46. The van der Waals surface area contributed by atoms with E-state index in [-0.39, 0.29) is 0 Å². The number of ether oxygens (including phenoxy) is 1. The van der Waals surface area contributed by atoms with E-state index in [2.05, 4.69) is 17.4 Å². The molecule has 1 amide bonds. The quantitative estimate of drug-likeness (QED) is 0.769. The standard InChI is InChI=1S/C12H14N2O2/c15-8-14-4-9-2-1-3-12(11(9)5-14)13-10-6-16-7-10/h1-3,8,10,13H,4-7H2. The van der Waals surface area contributed by atoms with Crippen LogP contribution < -0.4 is 5.32 Å². The van der Waals surface area contributed by atoms with Gasteiger partial charge in [0.2, 0.25) is 6.41 Å². The highest BCUT2D eigenvalue weighted by Gasteiger charge is 2.23. The molecule has 0 spiro atoms. The van der Waals surface area contributed by atoms with Crippen LogP contribution in [0.2, 0.25) is 0 Å². The van der Waals surface area contributed by atoms with Crippen LogP contribution in [0.15, 0.2) is 18.2 Å². The van der Waals surface area contributed by atoms with Crippen LogP contribution in [0.25, 0.3) is 0 Å². The Labute approximate surface area is 94.2 Å². The van der Waals surface area contributed by atoms with Gasteiger partial charge in [-0.05, 0) is 17.2 Å². The highest BCUT2D eigenvalue weighted by Crippen LogP contribution is 2.29. The maximum absolute atomic E-state index is 10.8. The normalized spacial score (nSPS) is 19.1. The predicted octanol–water partition coefficient (Wildman–Crippen LogP) is 0.969. The van der Waals surface area contributed by atoms with Gasteiger partial charge in [0.1, 0.15) is 0 Å². The van der Waals surface area contributed by atoms with Crippen molar-refractivity contribution in [2.24, 2.45) is 0 Å². The molecule has 4 heteroatoms. The number of rotatable bonds is 3. The third kappa shape index (κ3) is 1.55. The topological polar surface area (TPSA) is 41.6 Å². The summed E-state index contributed by atoms with van der Waals surface area (Å²) in [5.74, 6) is 0. The molecule has 0 aromatic heterocycles. The van der Waals surface area contributed by atoms with Gasteiger partial charge in [-0.15, -0.1) is 0 Å². The molecule has 0 bridgehead atoms. The Morgan fingerprint density at radius 1 is 1.38 bits per heavy atom. The maximum Gasteiger partial charge on any atom is 0.210 e. The van der Waals surface area contributed by atoms with Crippen molar-refractivity contribution in [3.8, 4) is 0 Å². The second-order valence-electron chi connectivity index (χ2n) is 4.33. The summed E-state index contributed by atoms with van der Waals surface area (Å²) in [6, 6.07) is 6.62. The molecule has 1 aromatic carbocycles. The van der Waals surface area contributed by atoms with E-state index in [0.717, 1.165) is 38.4 Å². The van der Waals surface area contributed by atoms with Gasteiger partial charge in [-0.2, -0.15) is 0 Å². The molecule has 2 aliphatic heterocycles. The highest BCUT2D eigenvalue weighted by atomic mass is 16.5. The Balaban J connectivity index is 1.84. The average Bonchev–Trinajstić information content (AvgIpc) is 2.66. The van der Waals surface area contributed by atoms with Crippen molar-refractivity contribution in [3.63, 3.8) is 0 Å². The lowest BCUT2D eigenvalue weighted by Crippen LogP contribution is -2.40. The number of nitrogens with zero attached hydrogens (tertiary/aromatic N) is 1. The molecule has 84 valence electrons. The van der Waals surface area contributed by atoms with Crippen molar-refractivity contribution in [3.05, 3.63) is 29.3 Å². The molecule has 0 aliphatic carbocycles. The Morgan fingerprint density at radius 3 is 2.94 bits per heavy atom. The number of fused-ring (bicyclic) bond motifs is 1. The van der Waals surface area contributed by atoms with Crippen molar-refractivity contribution in [2.75, 3.05) is 18.5 Å². The van der Waals surface area contributed by atoms with Gasteiger partial charge < -0.3 is 15.0 Å². The van der Waals surface area contributed by atoms with Gasteiger partial charge in [0, 0.05) is 18.8 Å². The van der Waals surface area contributed by atoms with Crippen LogP contribution in [0.5, 0.6) is 0 Å². The summed E-state index contributed by atoms with van der Waals surface area (Å²) in [4.78, 5) is 12.5. The lowest BCUT2D eigenvalue weighted by Gasteiger charge is -2.28. The molecule has 1 aromatic rings. The molecule has 0 unspecified atom stereocenters. The van der Waals surface area contributed by atoms with Crippen LogP contribution in [-0.2, 0) is 22.6 Å². The molecule has 0 radical (unpaired) electrons. The first-order chi connectivity index (χ1) is 7.86. The molecule has 0 atom stereocenters. The first-order valence-corrected chi connectivity index (χ1v) is 5.51. The number of carbonyl (C=O) groups is 1. The SMILES string of the molecule is O=CN1Cc2cccc(NC3COC3)c2C1. The molecule has 3 rings (SSSR count). The van der Waals surface area contributed by atoms with Crippen LogP contribution in [0.3, 0.4) is 0 Å². The number of anilines is 1. The first kappa shape index (κ1) is 9.66. The Hall–Kier alpha value is -1.55. The fraction of sp³-hybridized carbons (Fsp3) is 0.417. The van der Waals surface area contributed by atoms with E-state index in [1.54, 1.807) is 4.90 Å². The van der Waals surface area contributed by atoms with Gasteiger partial charge in [0.25, 0.3) is 0 Å². The van der Waals surface area contributed by atoms with Gasteiger partial charge in [0.15, 0.2) is 0 Å². The van der Waals surface area contributed by atoms with Crippen molar-refractivity contribution in [2.45, 2.75) is 19.1 Å². The highest BCUT2D eigenvalue weighted by molar-refractivity contribution is 5.60. The van der Waals surface area contributed by atoms with Crippen LogP contribution in [0.1, 0.15) is 11.1 Å². The van der Waals surface area contributed by atoms with E-state index in [1.807, 2.05) is 6.07 Å². The molecule has 2 aliphatic rings. The second kappa shape index (κ2) is 3.79. The molecular weight excluding hydrogens is 204 g/mol. The maximum atomic E-state index is 10.8. The molecule has 0 saturated carbocycles. The fourth-order valence-corrected chi connectivity index (χ4v) is 2.20. The monoisotopic (exact) mass is 218 g/mol. The van der Waals surface area contributed by atoms with E-state index < -0.39 is 0 Å². The number of hydrogen-bond donors (Lipinski definition) is 1. The number of carbonyl (C=O) groups excluding carboxylic acids is 1. The van der Waals surface area contributed by atoms with Crippen molar-refractivity contribution in [1.29, 1.82) is 0 Å². The van der Waals surface area contributed by atoms with Gasteiger partial charge in [0.05, 0.1) is 19.3 Å². The minimum absolute atomic E-state index is 0.428. The summed E-state index contributed by atoms with van der Waals surface area (Å²) in [7, 11) is 0. The summed E-state index contributed by atoms with van der Waals surface area (Å²) in [5.41, 5.74) is 3.65. The minimum Gasteiger partial charge on any atom is -0.377 e. The van der Waals surface area contributed by atoms with E-state index in [0.29, 0.717) is 6.04 Å². The smallest absolute Gasteiger partial charge is 0.210 e. The molecule has 1 fully saturated rings. The third-order valence-corrected chi connectivity index (χ3v) is 3.15. The molecule has 4 nitrogen and oxygen atoms in total. The van der Waals surface area contributed by atoms with Crippen molar-refractivity contribution < 1.29 is 9.53 Å². The lowest BCUT2D eigenvalue weighted by atomic mass is 10.1. The van der Waals surface area contributed by atoms with Crippen LogP contribution in [0.4, 0.5) is 5.69 Å². The van der Waals surface area contributed by atoms with Crippen molar-refractivity contribution in [1.82, 2.24) is 4.90 Å². The van der Waals surface area contributed by atoms with Gasteiger partial charge in [-0.3, -0.25) is 4.79 Å². The Kier molecular flexibility index (Phi) is 2.29. The number of amides is 1. The van der Waals surface area contributed by atoms with E-state index in [9.17, 15) is 4.79 Å². The zero-order chi connectivity index (χ0) is 11.0. The summed E-state index contributed by atoms with van der Waals surface area (Å²) in [6.45, 7) is 3.01. The van der Waals surface area contributed by atoms with E-state index in [1.165, 1.54) is 11.1 Å². The van der Waals surface area contributed by atoms with Gasteiger partial charge in [-0.25, -0.2) is 0 Å². The van der Waals surface area contributed by atoms with Crippen molar-refractivity contribution >= 4 is 12.1 Å². The first-order valence-electron chi connectivity index (χ1n) is 5.51. The van der Waals surface area contributed by atoms with Gasteiger partial charge >= 0.3 is 0 Å². The lowest BCUT2D eigenvalue weighted by molar-refractivity contribution is -0.118. The van der Waals surface area contributed by atoms with E-state index >= 15 is 0 Å². The fourth-order valence-electron chi connectivity index (χ4n) is 2.20. The Bertz CT molecular complexity index is 415. The third-order valence-electron chi connectivity index (χ3n) is 3.15. The molecule has 2 heterocycles.